The summed E-state index contributed by atoms with van der Waals surface area (Å²) in [5.74, 6) is -2.39. The Labute approximate surface area is 109 Å². The Hall–Kier alpha value is -2.43. The van der Waals surface area contributed by atoms with Crippen LogP contribution in [0.25, 0.3) is 0 Å². The van der Waals surface area contributed by atoms with Crippen molar-refractivity contribution in [1.29, 1.82) is 0 Å². The van der Waals surface area contributed by atoms with Crippen LogP contribution in [-0.2, 0) is 11.2 Å². The molecule has 0 atom stereocenters. The Morgan fingerprint density at radius 3 is 2.63 bits per heavy atom. The molecule has 0 aliphatic rings. The van der Waals surface area contributed by atoms with Crippen LogP contribution in [0.3, 0.4) is 0 Å². The fourth-order valence-corrected chi connectivity index (χ4v) is 1.68. The van der Waals surface area contributed by atoms with Crippen LogP contribution in [0.1, 0.15) is 5.56 Å². The third-order valence-electron chi connectivity index (χ3n) is 2.55. The summed E-state index contributed by atoms with van der Waals surface area (Å²) in [6.07, 6.45) is -0.238. The highest BCUT2D eigenvalue weighted by molar-refractivity contribution is 5.92. The van der Waals surface area contributed by atoms with Crippen LogP contribution in [0.15, 0.2) is 42.5 Å². The smallest absolute Gasteiger partial charge is 0.228 e. The maximum Gasteiger partial charge on any atom is 0.228 e. The van der Waals surface area contributed by atoms with Crippen LogP contribution >= 0.6 is 0 Å². The molecule has 0 bridgehead atoms. The van der Waals surface area contributed by atoms with E-state index >= 15 is 0 Å². The fraction of sp³-hybridized carbons (Fsp3) is 0.0714. The van der Waals surface area contributed by atoms with E-state index in [-0.39, 0.29) is 12.0 Å². The molecular formula is C14H12F2N2O. The van der Waals surface area contributed by atoms with Crippen LogP contribution in [0.5, 0.6) is 0 Å². The van der Waals surface area contributed by atoms with Gasteiger partial charge in [0.05, 0.1) is 6.42 Å². The van der Waals surface area contributed by atoms with E-state index in [1.165, 1.54) is 12.1 Å². The summed E-state index contributed by atoms with van der Waals surface area (Å²) in [5.41, 5.74) is 6.61. The van der Waals surface area contributed by atoms with Gasteiger partial charge in [-0.3, -0.25) is 4.79 Å². The first-order chi connectivity index (χ1) is 9.06. The van der Waals surface area contributed by atoms with E-state index in [0.717, 1.165) is 6.07 Å². The van der Waals surface area contributed by atoms with Crippen LogP contribution in [-0.4, -0.2) is 5.91 Å². The molecule has 1 amide bonds. The summed E-state index contributed by atoms with van der Waals surface area (Å²) in [4.78, 5) is 11.7. The molecule has 5 heteroatoms. The van der Waals surface area contributed by atoms with Crippen molar-refractivity contribution in [3.8, 4) is 0 Å². The zero-order valence-corrected chi connectivity index (χ0v) is 9.99. The SMILES string of the molecule is Nc1cccc(NC(=O)Cc2cccc(F)c2F)c1. The molecule has 0 fully saturated rings. The van der Waals surface area contributed by atoms with Crippen molar-refractivity contribution in [1.82, 2.24) is 0 Å². The molecule has 0 saturated carbocycles. The third kappa shape index (κ3) is 3.28. The second-order valence-corrected chi connectivity index (χ2v) is 4.06. The van der Waals surface area contributed by atoms with Gasteiger partial charge in [0.2, 0.25) is 5.91 Å². The topological polar surface area (TPSA) is 55.1 Å². The van der Waals surface area contributed by atoms with Crippen LogP contribution < -0.4 is 11.1 Å². The van der Waals surface area contributed by atoms with E-state index in [9.17, 15) is 13.6 Å². The molecule has 0 heterocycles. The lowest BCUT2D eigenvalue weighted by Crippen LogP contribution is -2.15. The number of benzene rings is 2. The van der Waals surface area contributed by atoms with Crippen molar-refractivity contribution in [2.75, 3.05) is 11.1 Å². The van der Waals surface area contributed by atoms with Crippen molar-refractivity contribution in [3.63, 3.8) is 0 Å². The van der Waals surface area contributed by atoms with Gasteiger partial charge in [0.25, 0.3) is 0 Å². The van der Waals surface area contributed by atoms with Crippen molar-refractivity contribution in [2.24, 2.45) is 0 Å². The van der Waals surface area contributed by atoms with Crippen molar-refractivity contribution in [2.45, 2.75) is 6.42 Å². The maximum atomic E-state index is 13.4. The van der Waals surface area contributed by atoms with Gasteiger partial charge in [0.15, 0.2) is 11.6 Å². The van der Waals surface area contributed by atoms with Crippen LogP contribution in [0.2, 0.25) is 0 Å². The normalized spacial score (nSPS) is 10.2. The molecule has 0 aliphatic heterocycles. The van der Waals surface area contributed by atoms with Gasteiger partial charge < -0.3 is 11.1 Å². The number of nitrogens with two attached hydrogens (primary N) is 1. The quantitative estimate of drug-likeness (QED) is 0.836. The predicted molar refractivity (Wildman–Crippen MR) is 69.5 cm³/mol. The summed E-state index contributed by atoms with van der Waals surface area (Å²) in [6, 6.07) is 10.4. The minimum absolute atomic E-state index is 0.0152. The molecule has 0 spiro atoms. The fourth-order valence-electron chi connectivity index (χ4n) is 1.68. The maximum absolute atomic E-state index is 13.4. The second-order valence-electron chi connectivity index (χ2n) is 4.06. The number of nitrogens with one attached hydrogen (secondary N) is 1. The molecule has 3 nitrogen and oxygen atoms in total. The second kappa shape index (κ2) is 5.48. The largest absolute Gasteiger partial charge is 0.399 e. The van der Waals surface area contributed by atoms with Gasteiger partial charge in [-0.05, 0) is 24.3 Å². The highest BCUT2D eigenvalue weighted by Gasteiger charge is 2.11. The Morgan fingerprint density at radius 1 is 1.16 bits per heavy atom. The predicted octanol–water partition coefficient (Wildman–Crippen LogP) is 2.73. The molecule has 0 aromatic heterocycles. The van der Waals surface area contributed by atoms with E-state index in [2.05, 4.69) is 5.32 Å². The van der Waals surface area contributed by atoms with Crippen molar-refractivity contribution < 1.29 is 13.6 Å². The lowest BCUT2D eigenvalue weighted by molar-refractivity contribution is -0.115. The highest BCUT2D eigenvalue weighted by atomic mass is 19.2. The first-order valence-corrected chi connectivity index (χ1v) is 5.64. The number of rotatable bonds is 3. The molecule has 0 saturated heterocycles. The number of hydrogen-bond donors (Lipinski definition) is 2. The summed E-state index contributed by atoms with van der Waals surface area (Å²) >= 11 is 0. The van der Waals surface area contributed by atoms with Gasteiger partial charge in [-0.1, -0.05) is 18.2 Å². The molecule has 98 valence electrons. The molecule has 2 aromatic rings. The molecule has 2 aromatic carbocycles. The van der Waals surface area contributed by atoms with Gasteiger partial charge in [0.1, 0.15) is 0 Å². The molecule has 0 unspecified atom stereocenters. The summed E-state index contributed by atoms with van der Waals surface area (Å²) in [7, 11) is 0. The van der Waals surface area contributed by atoms with Crippen LogP contribution in [0.4, 0.5) is 20.2 Å². The van der Waals surface area contributed by atoms with Gasteiger partial charge in [-0.25, -0.2) is 8.78 Å². The van der Waals surface area contributed by atoms with Gasteiger partial charge in [0, 0.05) is 16.9 Å². The first-order valence-electron chi connectivity index (χ1n) is 5.64. The lowest BCUT2D eigenvalue weighted by Gasteiger charge is -2.07. The lowest BCUT2D eigenvalue weighted by atomic mass is 10.1. The molecule has 2 rings (SSSR count). The van der Waals surface area contributed by atoms with E-state index < -0.39 is 17.5 Å². The molecule has 19 heavy (non-hydrogen) atoms. The third-order valence-corrected chi connectivity index (χ3v) is 2.55. The van der Waals surface area contributed by atoms with Crippen molar-refractivity contribution >= 4 is 17.3 Å². The Morgan fingerprint density at radius 2 is 1.89 bits per heavy atom. The average molecular weight is 262 g/mol. The number of hydrogen-bond acceptors (Lipinski definition) is 2. The summed E-state index contributed by atoms with van der Waals surface area (Å²) in [6.45, 7) is 0. The number of carbonyl (C=O) groups is 1. The Bertz CT molecular complexity index is 614. The van der Waals surface area contributed by atoms with Crippen LogP contribution in [0, 0.1) is 11.6 Å². The summed E-state index contributed by atoms with van der Waals surface area (Å²) in [5, 5.41) is 2.57. The van der Waals surface area contributed by atoms with Gasteiger partial charge in [-0.15, -0.1) is 0 Å². The van der Waals surface area contributed by atoms with E-state index in [0.29, 0.717) is 11.4 Å². The van der Waals surface area contributed by atoms with E-state index in [1.54, 1.807) is 24.3 Å². The minimum atomic E-state index is -0.995. The van der Waals surface area contributed by atoms with E-state index in [1.807, 2.05) is 0 Å². The van der Waals surface area contributed by atoms with Gasteiger partial charge >= 0.3 is 0 Å². The highest BCUT2D eigenvalue weighted by Crippen LogP contribution is 2.15. The molecule has 3 N–H and O–H groups in total. The molecule has 0 radical (unpaired) electrons. The Kier molecular flexibility index (Phi) is 3.75. The number of anilines is 2. The number of amides is 1. The number of halogens is 2. The standard InChI is InChI=1S/C14H12F2N2O/c15-12-6-1-3-9(14(12)16)7-13(19)18-11-5-2-4-10(17)8-11/h1-6,8H,7,17H2,(H,18,19). The average Bonchev–Trinajstić information content (AvgIpc) is 2.35. The summed E-state index contributed by atoms with van der Waals surface area (Å²) < 4.78 is 26.4. The minimum Gasteiger partial charge on any atom is -0.399 e. The zero-order chi connectivity index (χ0) is 13.8. The molecule has 0 aliphatic carbocycles. The Balaban J connectivity index is 2.08. The number of carbonyl (C=O) groups excluding carboxylic acids is 1. The zero-order valence-electron chi connectivity index (χ0n) is 9.99. The monoisotopic (exact) mass is 262 g/mol. The molecular weight excluding hydrogens is 250 g/mol. The van der Waals surface area contributed by atoms with E-state index in [4.69, 9.17) is 5.73 Å². The number of nitrogen functional groups attached to an aromatic ring is 1. The first kappa shape index (κ1) is 13.0. The van der Waals surface area contributed by atoms with Crippen molar-refractivity contribution in [3.05, 3.63) is 59.7 Å². The van der Waals surface area contributed by atoms with Gasteiger partial charge in [-0.2, -0.15) is 0 Å².